The summed E-state index contributed by atoms with van der Waals surface area (Å²) >= 11 is 0. The fourth-order valence-electron chi connectivity index (χ4n) is 1.63. The molecule has 1 fully saturated rings. The molecule has 0 radical (unpaired) electrons. The lowest BCUT2D eigenvalue weighted by Crippen LogP contribution is -2.34. The van der Waals surface area contributed by atoms with E-state index in [1.54, 1.807) is 0 Å². The van der Waals surface area contributed by atoms with E-state index in [0.29, 0.717) is 6.10 Å². The van der Waals surface area contributed by atoms with Gasteiger partial charge in [-0.3, -0.25) is 0 Å². The third-order valence-electron chi connectivity index (χ3n) is 2.39. The molecule has 2 nitrogen and oxygen atoms in total. The molecule has 2 rings (SSSR count). The molecule has 1 saturated carbocycles. The second kappa shape index (κ2) is 3.86. The first-order chi connectivity index (χ1) is 7.03. The van der Waals surface area contributed by atoms with Crippen molar-refractivity contribution in [2.24, 2.45) is 5.73 Å². The highest BCUT2D eigenvalue weighted by molar-refractivity contribution is 5.30. The molecule has 1 aliphatic carbocycles. The number of ether oxygens (including phenoxy) is 1. The normalized spacial score (nSPS) is 16.5. The van der Waals surface area contributed by atoms with Crippen molar-refractivity contribution < 1.29 is 4.74 Å². The van der Waals surface area contributed by atoms with Crippen LogP contribution in [0.25, 0.3) is 0 Å². The van der Waals surface area contributed by atoms with Gasteiger partial charge in [0.2, 0.25) is 0 Å². The molecule has 0 aromatic heterocycles. The van der Waals surface area contributed by atoms with Gasteiger partial charge in [0.05, 0.1) is 6.10 Å². The van der Waals surface area contributed by atoms with Crippen molar-refractivity contribution in [1.29, 1.82) is 0 Å². The summed E-state index contributed by atoms with van der Waals surface area (Å²) in [4.78, 5) is 0. The summed E-state index contributed by atoms with van der Waals surface area (Å²) in [6, 6.07) is 8.27. The van der Waals surface area contributed by atoms with Gasteiger partial charge in [0.25, 0.3) is 0 Å². The molecule has 2 heteroatoms. The molecule has 0 aliphatic heterocycles. The van der Waals surface area contributed by atoms with E-state index in [4.69, 9.17) is 10.5 Å². The van der Waals surface area contributed by atoms with Gasteiger partial charge in [-0.1, -0.05) is 12.1 Å². The Morgan fingerprint density at radius 3 is 2.73 bits per heavy atom. The lowest BCUT2D eigenvalue weighted by Gasteiger charge is -2.18. The lowest BCUT2D eigenvalue weighted by atomic mass is 9.96. The maximum atomic E-state index is 5.99. The Hall–Kier alpha value is -1.02. The van der Waals surface area contributed by atoms with Crippen molar-refractivity contribution in [3.05, 3.63) is 29.8 Å². The highest BCUT2D eigenvalue weighted by atomic mass is 16.5. The van der Waals surface area contributed by atoms with Crippen molar-refractivity contribution >= 4 is 0 Å². The van der Waals surface area contributed by atoms with Crippen molar-refractivity contribution in [1.82, 2.24) is 0 Å². The predicted octanol–water partition coefficient (Wildman–Crippen LogP) is 2.51. The molecule has 0 unspecified atom stereocenters. The summed E-state index contributed by atoms with van der Waals surface area (Å²) in [7, 11) is 0. The van der Waals surface area contributed by atoms with Crippen LogP contribution in [-0.2, 0) is 6.42 Å². The van der Waals surface area contributed by atoms with Crippen molar-refractivity contribution in [2.45, 2.75) is 44.8 Å². The van der Waals surface area contributed by atoms with E-state index in [1.807, 2.05) is 26.0 Å². The van der Waals surface area contributed by atoms with E-state index in [0.717, 1.165) is 12.2 Å². The number of rotatable bonds is 4. The Morgan fingerprint density at radius 2 is 2.13 bits per heavy atom. The standard InChI is InChI=1S/C13H19NO/c1-13(2,14)9-10-4-3-5-12(8-10)15-11-6-7-11/h3-5,8,11H,6-7,9,14H2,1-2H3. The average molecular weight is 205 g/mol. The Kier molecular flexibility index (Phi) is 2.70. The molecule has 0 saturated heterocycles. The average Bonchev–Trinajstić information content (AvgIpc) is 2.85. The Labute approximate surface area is 91.4 Å². The minimum Gasteiger partial charge on any atom is -0.490 e. The van der Waals surface area contributed by atoms with Crippen molar-refractivity contribution in [3.8, 4) is 5.75 Å². The van der Waals surface area contributed by atoms with Gasteiger partial charge in [0.15, 0.2) is 0 Å². The van der Waals surface area contributed by atoms with Gasteiger partial charge in [-0.05, 0) is 50.8 Å². The summed E-state index contributed by atoms with van der Waals surface area (Å²) in [5.41, 5.74) is 7.09. The van der Waals surface area contributed by atoms with Crippen LogP contribution in [0.5, 0.6) is 5.75 Å². The van der Waals surface area contributed by atoms with Crippen LogP contribution in [-0.4, -0.2) is 11.6 Å². The van der Waals surface area contributed by atoms with Gasteiger partial charge in [-0.25, -0.2) is 0 Å². The highest BCUT2D eigenvalue weighted by Crippen LogP contribution is 2.27. The van der Waals surface area contributed by atoms with Crippen LogP contribution in [0.15, 0.2) is 24.3 Å². The molecular formula is C13H19NO. The van der Waals surface area contributed by atoms with Gasteiger partial charge in [-0.15, -0.1) is 0 Å². The predicted molar refractivity (Wildman–Crippen MR) is 62.1 cm³/mol. The molecule has 15 heavy (non-hydrogen) atoms. The van der Waals surface area contributed by atoms with Crippen LogP contribution in [0.3, 0.4) is 0 Å². The van der Waals surface area contributed by atoms with E-state index in [9.17, 15) is 0 Å². The van der Waals surface area contributed by atoms with E-state index in [2.05, 4.69) is 12.1 Å². The zero-order valence-electron chi connectivity index (χ0n) is 9.49. The molecule has 0 amide bonds. The molecule has 82 valence electrons. The number of nitrogens with two attached hydrogens (primary N) is 1. The van der Waals surface area contributed by atoms with Crippen LogP contribution in [0.4, 0.5) is 0 Å². The summed E-state index contributed by atoms with van der Waals surface area (Å²) in [6.45, 7) is 4.09. The third-order valence-corrected chi connectivity index (χ3v) is 2.39. The molecule has 1 aliphatic rings. The molecule has 2 N–H and O–H groups in total. The quantitative estimate of drug-likeness (QED) is 0.819. The molecule has 0 atom stereocenters. The van der Waals surface area contributed by atoms with Crippen molar-refractivity contribution in [2.75, 3.05) is 0 Å². The first-order valence-corrected chi connectivity index (χ1v) is 5.57. The first-order valence-electron chi connectivity index (χ1n) is 5.57. The Bertz CT molecular complexity index is 337. The largest absolute Gasteiger partial charge is 0.490 e. The minimum atomic E-state index is -0.155. The molecular weight excluding hydrogens is 186 g/mol. The maximum Gasteiger partial charge on any atom is 0.119 e. The van der Waals surface area contributed by atoms with Crippen LogP contribution in [0.2, 0.25) is 0 Å². The van der Waals surface area contributed by atoms with Crippen LogP contribution in [0.1, 0.15) is 32.3 Å². The second-order valence-electron chi connectivity index (χ2n) is 5.13. The van der Waals surface area contributed by atoms with Gasteiger partial charge in [-0.2, -0.15) is 0 Å². The van der Waals surface area contributed by atoms with Gasteiger partial charge in [0.1, 0.15) is 5.75 Å². The number of hydrogen-bond acceptors (Lipinski definition) is 2. The van der Waals surface area contributed by atoms with Gasteiger partial charge in [0, 0.05) is 5.54 Å². The summed E-state index contributed by atoms with van der Waals surface area (Å²) in [5.74, 6) is 0.985. The SMILES string of the molecule is CC(C)(N)Cc1cccc(OC2CC2)c1. The highest BCUT2D eigenvalue weighted by Gasteiger charge is 2.23. The van der Waals surface area contributed by atoms with Crippen LogP contribution in [0, 0.1) is 0 Å². The first kappa shape index (κ1) is 10.5. The topological polar surface area (TPSA) is 35.2 Å². The Balaban J connectivity index is 2.04. The molecule has 0 spiro atoms. The monoisotopic (exact) mass is 205 g/mol. The number of hydrogen-bond donors (Lipinski definition) is 1. The van der Waals surface area contributed by atoms with E-state index in [-0.39, 0.29) is 5.54 Å². The summed E-state index contributed by atoms with van der Waals surface area (Å²) in [6.07, 6.45) is 3.75. The molecule has 1 aromatic rings. The van der Waals surface area contributed by atoms with Crippen LogP contribution >= 0.6 is 0 Å². The second-order valence-corrected chi connectivity index (χ2v) is 5.13. The third kappa shape index (κ3) is 3.56. The summed E-state index contributed by atoms with van der Waals surface area (Å²) < 4.78 is 5.74. The van der Waals surface area contributed by atoms with Crippen molar-refractivity contribution in [3.63, 3.8) is 0 Å². The van der Waals surface area contributed by atoms with E-state index >= 15 is 0 Å². The lowest BCUT2D eigenvalue weighted by molar-refractivity contribution is 0.302. The van der Waals surface area contributed by atoms with E-state index in [1.165, 1.54) is 18.4 Å². The molecule has 0 heterocycles. The zero-order valence-corrected chi connectivity index (χ0v) is 9.49. The van der Waals surface area contributed by atoms with Crippen LogP contribution < -0.4 is 10.5 Å². The molecule has 1 aromatic carbocycles. The zero-order chi connectivity index (χ0) is 10.9. The smallest absolute Gasteiger partial charge is 0.119 e. The van der Waals surface area contributed by atoms with Gasteiger partial charge >= 0.3 is 0 Å². The fourth-order valence-corrected chi connectivity index (χ4v) is 1.63. The molecule has 0 bridgehead atoms. The number of benzene rings is 1. The maximum absolute atomic E-state index is 5.99. The van der Waals surface area contributed by atoms with E-state index < -0.39 is 0 Å². The Morgan fingerprint density at radius 1 is 1.40 bits per heavy atom. The minimum absolute atomic E-state index is 0.155. The fraction of sp³-hybridized carbons (Fsp3) is 0.538. The summed E-state index contributed by atoms with van der Waals surface area (Å²) in [5, 5.41) is 0. The van der Waals surface area contributed by atoms with Gasteiger partial charge < -0.3 is 10.5 Å².